The van der Waals surface area contributed by atoms with E-state index in [1.165, 1.54) is 11.8 Å². The van der Waals surface area contributed by atoms with Gasteiger partial charge in [0, 0.05) is 6.42 Å². The predicted octanol–water partition coefficient (Wildman–Crippen LogP) is 2.92. The smallest absolute Gasteiger partial charge is 0.000554 e. The summed E-state index contributed by atoms with van der Waals surface area (Å²) < 4.78 is 1.97. The molecule has 1 nitrogen and oxygen atoms in total. The number of nitrogens with one attached hydrogen (secondary N) is 1. The second-order valence-electron chi connectivity index (χ2n) is 1.68. The van der Waals surface area contributed by atoms with E-state index in [2.05, 4.69) is 22.6 Å². The van der Waals surface area contributed by atoms with Gasteiger partial charge in [0.15, 0.2) is 0 Å². The summed E-state index contributed by atoms with van der Waals surface area (Å²) in [4.78, 5) is 0. The van der Waals surface area contributed by atoms with Crippen molar-refractivity contribution in [2.75, 3.05) is 0 Å². The van der Waals surface area contributed by atoms with Gasteiger partial charge in [-0.2, -0.15) is 0 Å². The van der Waals surface area contributed by atoms with Crippen LogP contribution in [-0.4, -0.2) is 6.21 Å². The van der Waals surface area contributed by atoms with Gasteiger partial charge >= 0.3 is 0 Å². The minimum absolute atomic E-state index is 0.743. The van der Waals surface area contributed by atoms with Crippen LogP contribution >= 0.6 is 22.6 Å². The van der Waals surface area contributed by atoms with Crippen molar-refractivity contribution in [3.8, 4) is 0 Å². The van der Waals surface area contributed by atoms with Crippen LogP contribution in [0, 0.1) is 5.41 Å². The van der Waals surface area contributed by atoms with Crippen molar-refractivity contribution in [1.29, 1.82) is 5.41 Å². The molecule has 0 saturated heterocycles. The Morgan fingerprint density at radius 1 is 1.67 bits per heavy atom. The molecule has 0 bridgehead atoms. The summed E-state index contributed by atoms with van der Waals surface area (Å²) in [5, 5.41) is 6.73. The number of allylic oxidation sites excluding steroid dienone is 3. The Balaban J connectivity index is 3.68. The first kappa shape index (κ1) is 8.88. The first-order valence-electron chi connectivity index (χ1n) is 2.73. The molecule has 0 aromatic heterocycles. The second-order valence-corrected chi connectivity index (χ2v) is 2.40. The Labute approximate surface area is 69.5 Å². The highest BCUT2D eigenvalue weighted by atomic mass is 127. The lowest BCUT2D eigenvalue weighted by Crippen LogP contribution is -1.69. The van der Waals surface area contributed by atoms with Crippen LogP contribution in [0.2, 0.25) is 0 Å². The van der Waals surface area contributed by atoms with Gasteiger partial charge in [-0.1, -0.05) is 40.3 Å². The lowest BCUT2D eigenvalue weighted by atomic mass is 10.2. The molecule has 0 atom stereocenters. The molecule has 0 amide bonds. The highest BCUT2D eigenvalue weighted by Gasteiger charge is 1.76. The predicted molar refractivity (Wildman–Crippen MR) is 50.3 cm³/mol. The monoisotopic (exact) mass is 235 g/mol. The third kappa shape index (κ3) is 5.76. The second kappa shape index (κ2) is 6.01. The molecule has 0 rings (SSSR count). The molecule has 0 saturated carbocycles. The zero-order valence-corrected chi connectivity index (χ0v) is 7.55. The average Bonchev–Trinajstić information content (AvgIpc) is 1.85. The molecule has 2 heteroatoms. The maximum atomic E-state index is 6.73. The topological polar surface area (TPSA) is 23.9 Å². The third-order valence-electron chi connectivity index (χ3n) is 0.884. The fourth-order valence-corrected chi connectivity index (χ4v) is 0.979. The average molecular weight is 235 g/mol. The van der Waals surface area contributed by atoms with Gasteiger partial charge in [0.05, 0.1) is 0 Å². The van der Waals surface area contributed by atoms with Gasteiger partial charge in [0.25, 0.3) is 0 Å². The number of hydrogen-bond donors (Lipinski definition) is 1. The standard InChI is InChI=1S/C7H10IN/c1-7(4-5-8)3-2-6-9/h3-6,9H,2H2,1H3/b5-4-,7-3-,9-6?. The van der Waals surface area contributed by atoms with E-state index in [-0.39, 0.29) is 0 Å². The van der Waals surface area contributed by atoms with Crippen molar-refractivity contribution < 1.29 is 0 Å². The molecule has 0 aliphatic heterocycles. The minimum Gasteiger partial charge on any atom is -0.313 e. The lowest BCUT2D eigenvalue weighted by molar-refractivity contribution is 1.38. The molecule has 0 aromatic carbocycles. The van der Waals surface area contributed by atoms with Gasteiger partial charge in [-0.15, -0.1) is 0 Å². The summed E-state index contributed by atoms with van der Waals surface area (Å²) in [5.74, 6) is 0. The quantitative estimate of drug-likeness (QED) is 0.441. The number of rotatable bonds is 3. The molecular weight excluding hydrogens is 225 g/mol. The maximum absolute atomic E-state index is 6.73. The van der Waals surface area contributed by atoms with Gasteiger partial charge in [-0.05, 0) is 17.2 Å². The molecule has 1 N–H and O–H groups in total. The summed E-state index contributed by atoms with van der Waals surface area (Å²) >= 11 is 2.18. The van der Waals surface area contributed by atoms with Crippen molar-refractivity contribution in [2.24, 2.45) is 0 Å². The van der Waals surface area contributed by atoms with Gasteiger partial charge in [0.2, 0.25) is 0 Å². The fourth-order valence-electron chi connectivity index (χ4n) is 0.412. The number of halogens is 1. The van der Waals surface area contributed by atoms with Gasteiger partial charge < -0.3 is 5.41 Å². The van der Waals surface area contributed by atoms with Crippen LogP contribution in [0.5, 0.6) is 0 Å². The van der Waals surface area contributed by atoms with E-state index < -0.39 is 0 Å². The summed E-state index contributed by atoms with van der Waals surface area (Å²) in [7, 11) is 0. The fraction of sp³-hybridized carbons (Fsp3) is 0.286. The molecule has 50 valence electrons. The summed E-state index contributed by atoms with van der Waals surface area (Å²) in [6.45, 7) is 2.03. The molecule has 0 spiro atoms. The number of hydrogen-bond acceptors (Lipinski definition) is 1. The summed E-state index contributed by atoms with van der Waals surface area (Å²) in [5.41, 5.74) is 1.22. The Bertz CT molecular complexity index is 136. The van der Waals surface area contributed by atoms with Gasteiger partial charge in [0.1, 0.15) is 0 Å². The first-order chi connectivity index (χ1) is 4.31. The zero-order chi connectivity index (χ0) is 7.11. The largest absolute Gasteiger partial charge is 0.313 e. The van der Waals surface area contributed by atoms with Crippen molar-refractivity contribution >= 4 is 28.8 Å². The van der Waals surface area contributed by atoms with Crippen LogP contribution in [0.25, 0.3) is 0 Å². The SMILES string of the molecule is CC(/C=C\I)=C/CC=N. The molecule has 0 unspecified atom stereocenters. The zero-order valence-electron chi connectivity index (χ0n) is 5.39. The molecule has 0 aliphatic carbocycles. The Morgan fingerprint density at radius 2 is 2.33 bits per heavy atom. The molecule has 9 heavy (non-hydrogen) atoms. The molecule has 0 heterocycles. The molecule has 0 aliphatic rings. The normalized spacial score (nSPS) is 12.4. The Kier molecular flexibility index (Phi) is 5.93. The van der Waals surface area contributed by atoms with Crippen LogP contribution in [-0.2, 0) is 0 Å². The van der Waals surface area contributed by atoms with E-state index in [1.54, 1.807) is 0 Å². The molecular formula is C7H10IN. The first-order valence-corrected chi connectivity index (χ1v) is 3.98. The van der Waals surface area contributed by atoms with Crippen LogP contribution < -0.4 is 0 Å². The van der Waals surface area contributed by atoms with Gasteiger partial charge in [-0.3, -0.25) is 0 Å². The molecule has 0 aromatic rings. The lowest BCUT2D eigenvalue weighted by Gasteiger charge is -1.85. The van der Waals surface area contributed by atoms with E-state index >= 15 is 0 Å². The van der Waals surface area contributed by atoms with Crippen LogP contribution in [0.15, 0.2) is 21.8 Å². The van der Waals surface area contributed by atoms with E-state index in [1.807, 2.05) is 23.2 Å². The molecule has 0 radical (unpaired) electrons. The summed E-state index contributed by atoms with van der Waals surface area (Å²) in [6.07, 6.45) is 6.17. The van der Waals surface area contributed by atoms with E-state index in [4.69, 9.17) is 5.41 Å². The Hall–Kier alpha value is -0.120. The van der Waals surface area contributed by atoms with E-state index in [0.717, 1.165) is 6.42 Å². The van der Waals surface area contributed by atoms with E-state index in [0.29, 0.717) is 0 Å². The van der Waals surface area contributed by atoms with Crippen molar-refractivity contribution in [3.63, 3.8) is 0 Å². The van der Waals surface area contributed by atoms with Crippen molar-refractivity contribution in [2.45, 2.75) is 13.3 Å². The van der Waals surface area contributed by atoms with Gasteiger partial charge in [-0.25, -0.2) is 0 Å². The highest BCUT2D eigenvalue weighted by Crippen LogP contribution is 1.98. The van der Waals surface area contributed by atoms with Crippen LogP contribution in [0.3, 0.4) is 0 Å². The highest BCUT2D eigenvalue weighted by molar-refractivity contribution is 14.1. The Morgan fingerprint density at radius 3 is 2.78 bits per heavy atom. The van der Waals surface area contributed by atoms with Crippen molar-refractivity contribution in [3.05, 3.63) is 21.8 Å². The maximum Gasteiger partial charge on any atom is 0.000554 e. The van der Waals surface area contributed by atoms with Crippen molar-refractivity contribution in [1.82, 2.24) is 0 Å². The van der Waals surface area contributed by atoms with Crippen LogP contribution in [0.4, 0.5) is 0 Å². The van der Waals surface area contributed by atoms with Crippen LogP contribution in [0.1, 0.15) is 13.3 Å². The minimum atomic E-state index is 0.743. The third-order valence-corrected chi connectivity index (χ3v) is 1.24. The van der Waals surface area contributed by atoms with E-state index in [9.17, 15) is 0 Å². The molecule has 0 fully saturated rings. The summed E-state index contributed by atoms with van der Waals surface area (Å²) in [6, 6.07) is 0.